The van der Waals surface area contributed by atoms with Crippen LogP contribution in [-0.4, -0.2) is 50.5 Å². The van der Waals surface area contributed by atoms with E-state index in [1.807, 2.05) is 44.2 Å². The quantitative estimate of drug-likeness (QED) is 0.391. The first-order chi connectivity index (χ1) is 16.3. The molecule has 2 aromatic carbocycles. The Kier molecular flexibility index (Phi) is 10.7. The Labute approximate surface area is 222 Å². The molecular weight excluding hydrogens is 533 g/mol. The Hall–Kier alpha value is -2.00. The normalized spacial score (nSPS) is 12.3. The monoisotopic (exact) mass is 561 g/mol. The first-order valence-electron chi connectivity index (χ1n) is 11.1. The minimum absolute atomic E-state index is 0.0221. The fraction of sp³-hybridized carbons (Fsp3) is 0.417. The molecule has 0 radical (unpaired) electrons. The van der Waals surface area contributed by atoms with Gasteiger partial charge in [0.25, 0.3) is 0 Å². The first-order valence-corrected chi connectivity index (χ1v) is 14.1. The van der Waals surface area contributed by atoms with Gasteiger partial charge >= 0.3 is 0 Å². The zero-order chi connectivity index (χ0) is 26.3. The first kappa shape index (κ1) is 29.2. The highest BCUT2D eigenvalue weighted by Crippen LogP contribution is 2.35. The van der Waals surface area contributed by atoms with Gasteiger partial charge in [-0.1, -0.05) is 85.9 Å². The molecule has 0 spiro atoms. The maximum atomic E-state index is 13.6. The minimum atomic E-state index is -3.95. The molecule has 1 N–H and O–H groups in total. The average molecular weight is 563 g/mol. The Morgan fingerprint density at radius 1 is 1.00 bits per heavy atom. The van der Waals surface area contributed by atoms with Gasteiger partial charge in [-0.25, -0.2) is 8.42 Å². The van der Waals surface area contributed by atoms with E-state index in [0.717, 1.165) is 16.1 Å². The summed E-state index contributed by atoms with van der Waals surface area (Å²) >= 11 is 18.4. The van der Waals surface area contributed by atoms with Crippen LogP contribution in [0.25, 0.3) is 0 Å². The smallest absolute Gasteiger partial charge is 0.244 e. The molecule has 1 atom stereocenters. The van der Waals surface area contributed by atoms with Crippen molar-refractivity contribution in [3.8, 4) is 0 Å². The SMILES string of the molecule is CC[C@H](C(=O)NCC(C)C)N(Cc1ccccc1)C(=O)CN(c1cc(Cl)c(Cl)cc1Cl)S(C)(=O)=O. The van der Waals surface area contributed by atoms with Gasteiger partial charge in [-0.15, -0.1) is 0 Å². The van der Waals surface area contributed by atoms with Crippen molar-refractivity contribution < 1.29 is 18.0 Å². The molecule has 0 unspecified atom stereocenters. The van der Waals surface area contributed by atoms with Crippen LogP contribution in [-0.2, 0) is 26.2 Å². The predicted molar refractivity (Wildman–Crippen MR) is 143 cm³/mol. The molecule has 0 aromatic heterocycles. The summed E-state index contributed by atoms with van der Waals surface area (Å²) in [5.74, 6) is -0.635. The molecule has 11 heteroatoms. The number of halogens is 3. The standard InChI is InChI=1S/C24H30Cl3N3O4S/c1-5-21(24(32)28-13-16(2)3)29(14-17-9-7-6-8-10-17)23(31)15-30(35(4,33)34)22-12-19(26)18(25)11-20(22)27/h6-12,16,21H,5,13-15H2,1-4H3,(H,28,32)/t21-/m1/s1. The summed E-state index contributed by atoms with van der Waals surface area (Å²) in [4.78, 5) is 28.0. The van der Waals surface area contributed by atoms with E-state index in [9.17, 15) is 18.0 Å². The van der Waals surface area contributed by atoms with E-state index in [2.05, 4.69) is 5.32 Å². The van der Waals surface area contributed by atoms with Gasteiger partial charge in [0.15, 0.2) is 0 Å². The second-order valence-corrected chi connectivity index (χ2v) is 11.7. The number of nitrogens with zero attached hydrogens (tertiary/aromatic N) is 2. The fourth-order valence-electron chi connectivity index (χ4n) is 3.42. The van der Waals surface area contributed by atoms with Crippen LogP contribution >= 0.6 is 34.8 Å². The Morgan fingerprint density at radius 2 is 1.60 bits per heavy atom. The lowest BCUT2D eigenvalue weighted by Gasteiger charge is -2.33. The number of carbonyl (C=O) groups excluding carboxylic acids is 2. The van der Waals surface area contributed by atoms with E-state index < -0.39 is 28.5 Å². The molecule has 2 amide bonds. The Bertz CT molecular complexity index is 1140. The third kappa shape index (κ3) is 8.27. The highest BCUT2D eigenvalue weighted by Gasteiger charge is 2.32. The summed E-state index contributed by atoms with van der Waals surface area (Å²) in [6, 6.07) is 11.0. The van der Waals surface area contributed by atoms with Gasteiger partial charge in [-0.05, 0) is 30.0 Å². The van der Waals surface area contributed by atoms with Crippen molar-refractivity contribution in [2.24, 2.45) is 5.92 Å². The van der Waals surface area contributed by atoms with E-state index in [1.165, 1.54) is 17.0 Å². The van der Waals surface area contributed by atoms with E-state index in [1.54, 1.807) is 6.92 Å². The third-order valence-electron chi connectivity index (χ3n) is 5.20. The zero-order valence-electron chi connectivity index (χ0n) is 20.1. The molecule has 0 bridgehead atoms. The largest absolute Gasteiger partial charge is 0.354 e. The van der Waals surface area contributed by atoms with Gasteiger partial charge in [0.05, 0.1) is 27.0 Å². The van der Waals surface area contributed by atoms with Gasteiger partial charge < -0.3 is 10.2 Å². The van der Waals surface area contributed by atoms with Gasteiger partial charge in [0.2, 0.25) is 21.8 Å². The molecule has 2 rings (SSSR count). The molecule has 2 aromatic rings. The lowest BCUT2D eigenvalue weighted by Crippen LogP contribution is -2.52. The highest BCUT2D eigenvalue weighted by atomic mass is 35.5. The number of amides is 2. The molecule has 0 saturated carbocycles. The summed E-state index contributed by atoms with van der Waals surface area (Å²) in [6.07, 6.45) is 1.31. The van der Waals surface area contributed by atoms with Crippen molar-refractivity contribution in [2.45, 2.75) is 39.8 Å². The molecule has 35 heavy (non-hydrogen) atoms. The van der Waals surface area contributed by atoms with E-state index >= 15 is 0 Å². The van der Waals surface area contributed by atoms with Crippen molar-refractivity contribution in [3.05, 3.63) is 63.1 Å². The van der Waals surface area contributed by atoms with Crippen LogP contribution in [0.15, 0.2) is 42.5 Å². The minimum Gasteiger partial charge on any atom is -0.354 e. The second-order valence-electron chi connectivity index (χ2n) is 8.56. The Balaban J connectivity index is 2.46. The molecule has 0 aliphatic rings. The summed E-state index contributed by atoms with van der Waals surface area (Å²) < 4.78 is 26.2. The number of hydrogen-bond donors (Lipinski definition) is 1. The van der Waals surface area contributed by atoms with Crippen molar-refractivity contribution in [3.63, 3.8) is 0 Å². The van der Waals surface area contributed by atoms with Crippen LogP contribution in [0, 0.1) is 5.92 Å². The molecular formula is C24H30Cl3N3O4S. The molecule has 192 valence electrons. The third-order valence-corrected chi connectivity index (χ3v) is 7.36. The van der Waals surface area contributed by atoms with Crippen LogP contribution in [0.2, 0.25) is 15.1 Å². The molecule has 0 aliphatic heterocycles. The maximum absolute atomic E-state index is 13.6. The number of rotatable bonds is 11. The van der Waals surface area contributed by atoms with Gasteiger partial charge in [-0.3, -0.25) is 13.9 Å². The van der Waals surface area contributed by atoms with Gasteiger partial charge in [0, 0.05) is 13.1 Å². The number of anilines is 1. The number of benzene rings is 2. The number of hydrogen-bond acceptors (Lipinski definition) is 4. The van der Waals surface area contributed by atoms with Gasteiger partial charge in [-0.2, -0.15) is 0 Å². The number of nitrogens with one attached hydrogen (secondary N) is 1. The van der Waals surface area contributed by atoms with E-state index in [-0.39, 0.29) is 39.1 Å². The van der Waals surface area contributed by atoms with Crippen molar-refractivity contribution >= 4 is 62.3 Å². The summed E-state index contributed by atoms with van der Waals surface area (Å²) in [5, 5.41) is 3.14. The fourth-order valence-corrected chi connectivity index (χ4v) is 4.97. The predicted octanol–water partition coefficient (Wildman–Crippen LogP) is 4.99. The molecule has 0 heterocycles. The molecule has 0 aliphatic carbocycles. The van der Waals surface area contributed by atoms with E-state index in [0.29, 0.717) is 13.0 Å². The zero-order valence-corrected chi connectivity index (χ0v) is 23.2. The van der Waals surface area contributed by atoms with Crippen LogP contribution in [0.5, 0.6) is 0 Å². The highest BCUT2D eigenvalue weighted by molar-refractivity contribution is 7.92. The average Bonchev–Trinajstić information content (AvgIpc) is 2.78. The summed E-state index contributed by atoms with van der Waals surface area (Å²) in [5.41, 5.74) is 0.823. The van der Waals surface area contributed by atoms with Crippen LogP contribution < -0.4 is 9.62 Å². The lowest BCUT2D eigenvalue weighted by molar-refractivity contribution is -0.140. The molecule has 0 saturated heterocycles. The molecule has 0 fully saturated rings. The van der Waals surface area contributed by atoms with Crippen molar-refractivity contribution in [2.75, 3.05) is 23.7 Å². The number of carbonyl (C=O) groups is 2. The van der Waals surface area contributed by atoms with Crippen LogP contribution in [0.3, 0.4) is 0 Å². The molecule has 7 nitrogen and oxygen atoms in total. The topological polar surface area (TPSA) is 86.8 Å². The van der Waals surface area contributed by atoms with Crippen molar-refractivity contribution in [1.29, 1.82) is 0 Å². The van der Waals surface area contributed by atoms with Gasteiger partial charge in [0.1, 0.15) is 12.6 Å². The summed E-state index contributed by atoms with van der Waals surface area (Å²) in [7, 11) is -3.95. The van der Waals surface area contributed by atoms with Crippen LogP contribution in [0.4, 0.5) is 5.69 Å². The van der Waals surface area contributed by atoms with E-state index in [4.69, 9.17) is 34.8 Å². The maximum Gasteiger partial charge on any atom is 0.244 e. The van der Waals surface area contributed by atoms with Crippen molar-refractivity contribution in [1.82, 2.24) is 10.2 Å². The van der Waals surface area contributed by atoms with Crippen LogP contribution in [0.1, 0.15) is 32.8 Å². The summed E-state index contributed by atoms with van der Waals surface area (Å²) in [6.45, 7) is 5.75. The second kappa shape index (κ2) is 12.8. The number of sulfonamides is 1. The Morgan fingerprint density at radius 3 is 2.14 bits per heavy atom. The lowest BCUT2D eigenvalue weighted by atomic mass is 10.1.